The Balaban J connectivity index is 1.88. The Morgan fingerprint density at radius 2 is 1.78 bits per heavy atom. The highest BCUT2D eigenvalue weighted by Gasteiger charge is 2.11. The third-order valence-corrected chi connectivity index (χ3v) is 4.39. The third kappa shape index (κ3) is 8.29. The van der Waals surface area contributed by atoms with E-state index in [1.54, 1.807) is 37.4 Å². The van der Waals surface area contributed by atoms with E-state index in [1.807, 2.05) is 19.1 Å². The Bertz CT molecular complexity index is 897. The molecule has 32 heavy (non-hydrogen) atoms. The fraction of sp³-hybridized carbons (Fsp3) is 0.375. The number of carbonyl (C=O) groups is 2. The molecule has 2 rings (SSSR count). The molecule has 172 valence electrons. The Hall–Kier alpha value is -3.55. The van der Waals surface area contributed by atoms with Gasteiger partial charge in [0, 0.05) is 11.3 Å². The first-order valence-corrected chi connectivity index (χ1v) is 10.7. The number of nitrogens with one attached hydrogen (secondary N) is 2. The molecule has 0 aliphatic rings. The lowest BCUT2D eigenvalue weighted by Gasteiger charge is -2.13. The zero-order chi connectivity index (χ0) is 23.2. The van der Waals surface area contributed by atoms with Gasteiger partial charge in [0.1, 0.15) is 12.2 Å². The van der Waals surface area contributed by atoms with Gasteiger partial charge in [-0.15, -0.1) is 0 Å². The SMILES string of the molecule is CCCCCOc1c(C=NNC(=O)CC(=O)Nc2ccc(OCC)cc2)cccc1OC. The van der Waals surface area contributed by atoms with Gasteiger partial charge in [-0.3, -0.25) is 9.59 Å². The largest absolute Gasteiger partial charge is 0.494 e. The fourth-order valence-electron chi connectivity index (χ4n) is 2.84. The van der Waals surface area contributed by atoms with Crippen molar-refractivity contribution < 1.29 is 23.8 Å². The van der Waals surface area contributed by atoms with Crippen molar-refractivity contribution in [3.8, 4) is 17.2 Å². The number of para-hydroxylation sites is 1. The molecule has 0 atom stereocenters. The number of benzene rings is 2. The second-order valence-corrected chi connectivity index (χ2v) is 6.91. The first-order chi connectivity index (χ1) is 15.6. The van der Waals surface area contributed by atoms with Crippen LogP contribution in [0.4, 0.5) is 5.69 Å². The second-order valence-electron chi connectivity index (χ2n) is 6.91. The molecule has 2 amide bonds. The Morgan fingerprint density at radius 3 is 2.47 bits per heavy atom. The number of hydrogen-bond donors (Lipinski definition) is 2. The lowest BCUT2D eigenvalue weighted by Crippen LogP contribution is -2.24. The summed E-state index contributed by atoms with van der Waals surface area (Å²) < 4.78 is 16.6. The molecule has 0 saturated heterocycles. The predicted octanol–water partition coefficient (Wildman–Crippen LogP) is 4.14. The monoisotopic (exact) mass is 441 g/mol. The Morgan fingerprint density at radius 1 is 1.00 bits per heavy atom. The van der Waals surface area contributed by atoms with Crippen molar-refractivity contribution in [2.24, 2.45) is 5.10 Å². The predicted molar refractivity (Wildman–Crippen MR) is 125 cm³/mol. The van der Waals surface area contributed by atoms with Crippen LogP contribution >= 0.6 is 0 Å². The zero-order valence-electron chi connectivity index (χ0n) is 18.8. The van der Waals surface area contributed by atoms with Crippen LogP contribution in [0.5, 0.6) is 17.2 Å². The van der Waals surface area contributed by atoms with Crippen LogP contribution in [-0.4, -0.2) is 38.4 Å². The van der Waals surface area contributed by atoms with E-state index in [1.165, 1.54) is 6.21 Å². The van der Waals surface area contributed by atoms with Crippen molar-refractivity contribution in [3.63, 3.8) is 0 Å². The van der Waals surface area contributed by atoms with Crippen LogP contribution in [-0.2, 0) is 9.59 Å². The first-order valence-electron chi connectivity index (χ1n) is 10.7. The average Bonchev–Trinajstić information content (AvgIpc) is 2.78. The Kier molecular flexibility index (Phi) is 10.6. The molecule has 0 saturated carbocycles. The maximum atomic E-state index is 12.1. The van der Waals surface area contributed by atoms with E-state index >= 15 is 0 Å². The van der Waals surface area contributed by atoms with E-state index in [-0.39, 0.29) is 6.42 Å². The molecule has 8 nitrogen and oxygen atoms in total. The minimum atomic E-state index is -0.530. The molecule has 0 bridgehead atoms. The van der Waals surface area contributed by atoms with Gasteiger partial charge in [0.15, 0.2) is 11.5 Å². The van der Waals surface area contributed by atoms with Gasteiger partial charge in [-0.05, 0) is 49.7 Å². The first kappa shape index (κ1) is 24.7. The normalized spacial score (nSPS) is 10.6. The summed E-state index contributed by atoms with van der Waals surface area (Å²) in [4.78, 5) is 24.1. The number of hydrogen-bond acceptors (Lipinski definition) is 6. The van der Waals surface area contributed by atoms with Crippen molar-refractivity contribution in [3.05, 3.63) is 48.0 Å². The number of carbonyl (C=O) groups excluding carboxylic acids is 2. The van der Waals surface area contributed by atoms with Crippen molar-refractivity contribution in [2.75, 3.05) is 25.6 Å². The number of unbranched alkanes of at least 4 members (excludes halogenated alkanes) is 2. The smallest absolute Gasteiger partial charge is 0.249 e. The third-order valence-electron chi connectivity index (χ3n) is 4.39. The topological polar surface area (TPSA) is 98.2 Å². The number of rotatable bonds is 13. The standard InChI is InChI=1S/C24H31N3O5/c1-4-6-7-15-32-24-18(9-8-10-21(24)30-3)17-25-27-23(29)16-22(28)26-19-11-13-20(14-12-19)31-5-2/h8-14,17H,4-7,15-16H2,1-3H3,(H,26,28)(H,27,29). The van der Waals surface area contributed by atoms with Crippen LogP contribution in [0.25, 0.3) is 0 Å². The Labute approximate surface area is 188 Å². The summed E-state index contributed by atoms with van der Waals surface area (Å²) in [5, 5.41) is 6.62. The molecular formula is C24H31N3O5. The van der Waals surface area contributed by atoms with Gasteiger partial charge in [0.2, 0.25) is 11.8 Å². The number of nitrogens with zero attached hydrogens (tertiary/aromatic N) is 1. The van der Waals surface area contributed by atoms with E-state index in [0.717, 1.165) is 19.3 Å². The molecule has 0 radical (unpaired) electrons. The van der Waals surface area contributed by atoms with Crippen molar-refractivity contribution in [2.45, 2.75) is 39.5 Å². The van der Waals surface area contributed by atoms with Crippen LogP contribution in [0.1, 0.15) is 45.1 Å². The van der Waals surface area contributed by atoms with Gasteiger partial charge in [0.05, 0.1) is 26.5 Å². The zero-order valence-corrected chi connectivity index (χ0v) is 18.8. The van der Waals surface area contributed by atoms with E-state index in [2.05, 4.69) is 22.8 Å². The minimum Gasteiger partial charge on any atom is -0.494 e. The van der Waals surface area contributed by atoms with Gasteiger partial charge >= 0.3 is 0 Å². The number of methoxy groups -OCH3 is 1. The summed E-state index contributed by atoms with van der Waals surface area (Å²) >= 11 is 0. The van der Waals surface area contributed by atoms with E-state index in [0.29, 0.717) is 41.7 Å². The van der Waals surface area contributed by atoms with Gasteiger partial charge < -0.3 is 19.5 Å². The van der Waals surface area contributed by atoms with Crippen molar-refractivity contribution >= 4 is 23.7 Å². The van der Waals surface area contributed by atoms with Gasteiger partial charge in [-0.25, -0.2) is 5.43 Å². The van der Waals surface area contributed by atoms with Crippen molar-refractivity contribution in [1.82, 2.24) is 5.43 Å². The van der Waals surface area contributed by atoms with Crippen LogP contribution in [0.2, 0.25) is 0 Å². The number of hydrazone groups is 1. The van der Waals surface area contributed by atoms with E-state index in [4.69, 9.17) is 14.2 Å². The fourth-order valence-corrected chi connectivity index (χ4v) is 2.84. The molecule has 0 heterocycles. The summed E-state index contributed by atoms with van der Waals surface area (Å²) in [6, 6.07) is 12.3. The molecule has 8 heteroatoms. The second kappa shape index (κ2) is 13.7. The molecule has 2 aromatic carbocycles. The minimum absolute atomic E-state index is 0.358. The molecule has 0 fully saturated rings. The highest BCUT2D eigenvalue weighted by Crippen LogP contribution is 2.30. The molecule has 0 aliphatic carbocycles. The summed E-state index contributed by atoms with van der Waals surface area (Å²) in [7, 11) is 1.57. The molecule has 0 aromatic heterocycles. The quantitative estimate of drug-likeness (QED) is 0.211. The number of ether oxygens (including phenoxy) is 3. The van der Waals surface area contributed by atoms with Gasteiger partial charge in [-0.1, -0.05) is 25.8 Å². The van der Waals surface area contributed by atoms with Gasteiger partial charge in [0.25, 0.3) is 0 Å². The highest BCUT2D eigenvalue weighted by atomic mass is 16.5. The lowest BCUT2D eigenvalue weighted by atomic mass is 10.2. The summed E-state index contributed by atoms with van der Waals surface area (Å²) in [6.07, 6.45) is 4.23. The van der Waals surface area contributed by atoms with E-state index < -0.39 is 11.8 Å². The summed E-state index contributed by atoms with van der Waals surface area (Å²) in [6.45, 7) is 5.15. The van der Waals surface area contributed by atoms with Gasteiger partial charge in [-0.2, -0.15) is 5.10 Å². The molecule has 0 aliphatic heterocycles. The number of anilines is 1. The summed E-state index contributed by atoms with van der Waals surface area (Å²) in [5.41, 5.74) is 3.61. The molecule has 2 N–H and O–H groups in total. The highest BCUT2D eigenvalue weighted by molar-refractivity contribution is 6.03. The summed E-state index contributed by atoms with van der Waals surface area (Å²) in [5.74, 6) is 0.897. The van der Waals surface area contributed by atoms with Crippen LogP contribution < -0.4 is 25.0 Å². The maximum absolute atomic E-state index is 12.1. The molecular weight excluding hydrogens is 410 g/mol. The lowest BCUT2D eigenvalue weighted by molar-refractivity contribution is -0.126. The molecule has 0 spiro atoms. The van der Waals surface area contributed by atoms with Crippen LogP contribution in [0, 0.1) is 0 Å². The maximum Gasteiger partial charge on any atom is 0.249 e. The van der Waals surface area contributed by atoms with Crippen LogP contribution in [0.3, 0.4) is 0 Å². The van der Waals surface area contributed by atoms with Crippen molar-refractivity contribution in [1.29, 1.82) is 0 Å². The van der Waals surface area contributed by atoms with Crippen LogP contribution in [0.15, 0.2) is 47.6 Å². The number of amides is 2. The average molecular weight is 442 g/mol. The molecule has 2 aromatic rings. The molecule has 0 unspecified atom stereocenters. The van der Waals surface area contributed by atoms with E-state index in [9.17, 15) is 9.59 Å².